The number of hydrogen-bond acceptors (Lipinski definition) is 4. The Morgan fingerprint density at radius 3 is 2.34 bits per heavy atom. The molecular weight excluding hydrogens is 495 g/mol. The molecule has 0 aliphatic carbocycles. The first-order valence-electron chi connectivity index (χ1n) is 9.32. The van der Waals surface area contributed by atoms with Crippen molar-refractivity contribution in [1.82, 2.24) is 15.5 Å². The van der Waals surface area contributed by atoms with Gasteiger partial charge >= 0.3 is 6.09 Å². The number of aliphatic imine (C=N–C) groups is 1. The quantitative estimate of drug-likeness (QED) is 0.274. The minimum atomic E-state index is -0.533. The second-order valence-electron chi connectivity index (χ2n) is 7.47. The molecule has 7 nitrogen and oxygen atoms in total. The van der Waals surface area contributed by atoms with Gasteiger partial charge in [0, 0.05) is 52.4 Å². The second-order valence-corrected chi connectivity index (χ2v) is 7.47. The number of nitrogens with zero attached hydrogens (tertiary/aromatic N) is 3. The number of hydrogen-bond donors (Lipinski definition) is 2. The number of alkyl carbamates (subject to hydrolysis) is 1. The number of nitrogens with one attached hydrogen (secondary N) is 2. The standard InChI is InChI=1S/C19H29F2N5O2.HI/c1-19(2,3)28-18(27)24-8-7-23-17(22-4)26-11-9-25(10-12-26)16-13-14(20)5-6-15(16)21;/h5-6,13H,7-12H2,1-4H3,(H,22,23)(H,24,27);1H. The Balaban J connectivity index is 0.00000420. The molecule has 0 radical (unpaired) electrons. The number of anilines is 1. The first-order chi connectivity index (χ1) is 13.2. The van der Waals surface area contributed by atoms with Gasteiger partial charge in [-0.3, -0.25) is 4.99 Å². The highest BCUT2D eigenvalue weighted by Crippen LogP contribution is 2.21. The molecule has 29 heavy (non-hydrogen) atoms. The van der Waals surface area contributed by atoms with Gasteiger partial charge in [0.15, 0.2) is 5.96 Å². The summed E-state index contributed by atoms with van der Waals surface area (Å²) < 4.78 is 32.5. The maximum Gasteiger partial charge on any atom is 0.407 e. The third-order valence-corrected chi connectivity index (χ3v) is 4.12. The van der Waals surface area contributed by atoms with E-state index in [1.54, 1.807) is 7.05 Å². The molecule has 0 atom stereocenters. The lowest BCUT2D eigenvalue weighted by Crippen LogP contribution is -2.53. The summed E-state index contributed by atoms with van der Waals surface area (Å²) >= 11 is 0. The average Bonchev–Trinajstić information content (AvgIpc) is 2.63. The van der Waals surface area contributed by atoms with Crippen molar-refractivity contribution in [2.24, 2.45) is 4.99 Å². The fraction of sp³-hybridized carbons (Fsp3) is 0.579. The number of benzene rings is 1. The molecule has 1 aliphatic rings. The zero-order chi connectivity index (χ0) is 20.7. The van der Waals surface area contributed by atoms with Gasteiger partial charge in [-0.2, -0.15) is 0 Å². The number of rotatable bonds is 4. The van der Waals surface area contributed by atoms with Crippen molar-refractivity contribution in [3.05, 3.63) is 29.8 Å². The van der Waals surface area contributed by atoms with E-state index in [1.165, 1.54) is 6.07 Å². The topological polar surface area (TPSA) is 69.2 Å². The van der Waals surface area contributed by atoms with Crippen LogP contribution in [0.4, 0.5) is 19.3 Å². The summed E-state index contributed by atoms with van der Waals surface area (Å²) in [5.74, 6) is -0.176. The third kappa shape index (κ3) is 8.19. The predicted molar refractivity (Wildman–Crippen MR) is 121 cm³/mol. The highest BCUT2D eigenvalue weighted by molar-refractivity contribution is 14.0. The van der Waals surface area contributed by atoms with Crippen molar-refractivity contribution in [3.8, 4) is 0 Å². The Morgan fingerprint density at radius 2 is 1.76 bits per heavy atom. The number of halogens is 3. The summed E-state index contributed by atoms with van der Waals surface area (Å²) in [4.78, 5) is 19.8. The van der Waals surface area contributed by atoms with Crippen molar-refractivity contribution < 1.29 is 18.3 Å². The molecule has 0 unspecified atom stereocenters. The highest BCUT2D eigenvalue weighted by Gasteiger charge is 2.22. The summed E-state index contributed by atoms with van der Waals surface area (Å²) in [6.45, 7) is 8.65. The van der Waals surface area contributed by atoms with Crippen molar-refractivity contribution in [3.63, 3.8) is 0 Å². The van der Waals surface area contributed by atoms with Gasteiger partial charge in [-0.05, 0) is 32.9 Å². The van der Waals surface area contributed by atoms with E-state index in [0.717, 1.165) is 12.1 Å². The number of carbonyl (C=O) groups is 1. The third-order valence-electron chi connectivity index (χ3n) is 4.12. The van der Waals surface area contributed by atoms with E-state index < -0.39 is 23.3 Å². The normalized spacial score (nSPS) is 14.9. The number of carbonyl (C=O) groups excluding carboxylic acids is 1. The van der Waals surface area contributed by atoms with E-state index in [1.807, 2.05) is 30.6 Å². The molecule has 1 aromatic carbocycles. The Hall–Kier alpha value is -1.85. The number of guanidine groups is 1. The van der Waals surface area contributed by atoms with Gasteiger partial charge in [0.05, 0.1) is 5.69 Å². The Bertz CT molecular complexity index is 704. The molecular formula is C19H30F2IN5O2. The molecule has 1 aliphatic heterocycles. The highest BCUT2D eigenvalue weighted by atomic mass is 127. The van der Waals surface area contributed by atoms with Crippen LogP contribution in [0.5, 0.6) is 0 Å². The minimum Gasteiger partial charge on any atom is -0.444 e. The minimum absolute atomic E-state index is 0. The van der Waals surface area contributed by atoms with Crippen molar-refractivity contribution in [1.29, 1.82) is 0 Å². The Morgan fingerprint density at radius 1 is 1.14 bits per heavy atom. The molecule has 1 heterocycles. The summed E-state index contributed by atoms with van der Waals surface area (Å²) in [7, 11) is 1.68. The molecule has 1 aromatic rings. The van der Waals surface area contributed by atoms with Gasteiger partial charge in [0.2, 0.25) is 0 Å². The lowest BCUT2D eigenvalue weighted by atomic mass is 10.2. The van der Waals surface area contributed by atoms with Crippen LogP contribution in [-0.2, 0) is 4.74 Å². The maximum atomic E-state index is 13.9. The van der Waals surface area contributed by atoms with E-state index in [-0.39, 0.29) is 29.7 Å². The van der Waals surface area contributed by atoms with Crippen LogP contribution in [0.15, 0.2) is 23.2 Å². The van der Waals surface area contributed by atoms with Crippen LogP contribution in [0.1, 0.15) is 20.8 Å². The molecule has 0 spiro atoms. The molecule has 1 amide bonds. The Kier molecular flexibility index (Phi) is 9.87. The summed E-state index contributed by atoms with van der Waals surface area (Å²) in [5.41, 5.74) is -0.252. The molecule has 1 saturated heterocycles. The van der Waals surface area contributed by atoms with Crippen LogP contribution in [0.3, 0.4) is 0 Å². The van der Waals surface area contributed by atoms with Gasteiger partial charge in [0.1, 0.15) is 17.2 Å². The number of amides is 1. The van der Waals surface area contributed by atoms with Crippen LogP contribution in [-0.4, -0.2) is 68.9 Å². The lowest BCUT2D eigenvalue weighted by molar-refractivity contribution is 0.0529. The molecule has 164 valence electrons. The maximum absolute atomic E-state index is 13.9. The van der Waals surface area contributed by atoms with Crippen LogP contribution in [0.25, 0.3) is 0 Å². The molecule has 0 saturated carbocycles. The summed E-state index contributed by atoms with van der Waals surface area (Å²) in [6.07, 6.45) is -0.463. The van der Waals surface area contributed by atoms with Crippen LogP contribution in [0.2, 0.25) is 0 Å². The monoisotopic (exact) mass is 525 g/mol. The van der Waals surface area contributed by atoms with Crippen LogP contribution in [0, 0.1) is 11.6 Å². The fourth-order valence-electron chi connectivity index (χ4n) is 2.87. The first-order valence-corrected chi connectivity index (χ1v) is 9.32. The molecule has 0 bridgehead atoms. The summed E-state index contributed by atoms with van der Waals surface area (Å²) in [6, 6.07) is 3.49. The second kappa shape index (κ2) is 11.4. The zero-order valence-electron chi connectivity index (χ0n) is 17.3. The van der Waals surface area contributed by atoms with E-state index in [9.17, 15) is 13.6 Å². The van der Waals surface area contributed by atoms with Crippen molar-refractivity contribution >= 4 is 41.7 Å². The van der Waals surface area contributed by atoms with Gasteiger partial charge in [-0.15, -0.1) is 24.0 Å². The first kappa shape index (κ1) is 25.2. The smallest absolute Gasteiger partial charge is 0.407 e. The molecule has 2 N–H and O–H groups in total. The molecule has 2 rings (SSSR count). The van der Waals surface area contributed by atoms with E-state index >= 15 is 0 Å². The molecule has 0 aromatic heterocycles. The van der Waals surface area contributed by atoms with Gasteiger partial charge in [0.25, 0.3) is 0 Å². The lowest BCUT2D eigenvalue weighted by Gasteiger charge is -2.37. The predicted octanol–water partition coefficient (Wildman–Crippen LogP) is 2.80. The molecule has 1 fully saturated rings. The van der Waals surface area contributed by atoms with E-state index in [4.69, 9.17) is 4.74 Å². The van der Waals surface area contributed by atoms with Crippen LogP contribution < -0.4 is 15.5 Å². The van der Waals surface area contributed by atoms with Gasteiger partial charge in [-0.1, -0.05) is 0 Å². The fourth-order valence-corrected chi connectivity index (χ4v) is 2.87. The summed E-state index contributed by atoms with van der Waals surface area (Å²) in [5, 5.41) is 5.86. The number of ether oxygens (including phenoxy) is 1. The largest absolute Gasteiger partial charge is 0.444 e. The van der Waals surface area contributed by atoms with E-state index in [0.29, 0.717) is 45.2 Å². The average molecular weight is 525 g/mol. The van der Waals surface area contributed by atoms with E-state index in [2.05, 4.69) is 15.6 Å². The van der Waals surface area contributed by atoms with Gasteiger partial charge < -0.3 is 25.2 Å². The zero-order valence-corrected chi connectivity index (χ0v) is 19.6. The molecule has 10 heteroatoms. The van der Waals surface area contributed by atoms with Gasteiger partial charge in [-0.25, -0.2) is 13.6 Å². The number of piperazine rings is 1. The SMILES string of the molecule is CN=C(NCCNC(=O)OC(C)(C)C)N1CCN(c2cc(F)ccc2F)CC1.I. The van der Waals surface area contributed by atoms with Crippen molar-refractivity contribution in [2.75, 3.05) is 51.2 Å². The van der Waals surface area contributed by atoms with Crippen LogP contribution >= 0.6 is 24.0 Å². The van der Waals surface area contributed by atoms with Crippen molar-refractivity contribution in [2.45, 2.75) is 26.4 Å². The Labute approximate surface area is 187 Å².